The van der Waals surface area contributed by atoms with Crippen LogP contribution in [0.3, 0.4) is 0 Å². The van der Waals surface area contributed by atoms with Crippen LogP contribution in [-0.4, -0.2) is 19.1 Å². The van der Waals surface area contributed by atoms with Crippen LogP contribution in [0, 0.1) is 11.6 Å². The third-order valence-electron chi connectivity index (χ3n) is 2.44. The molecule has 3 nitrogen and oxygen atoms in total. The molecule has 94 valence electrons. The van der Waals surface area contributed by atoms with Gasteiger partial charge in [0.05, 0.1) is 7.11 Å². The van der Waals surface area contributed by atoms with Crippen LogP contribution in [0.25, 0.3) is 0 Å². The van der Waals surface area contributed by atoms with Gasteiger partial charge in [-0.1, -0.05) is 6.07 Å². The highest BCUT2D eigenvalue weighted by atomic mass is 19.1. The molecule has 0 aliphatic carbocycles. The molecule has 17 heavy (non-hydrogen) atoms. The minimum absolute atomic E-state index is 0.195. The number of rotatable bonds is 5. The van der Waals surface area contributed by atoms with Gasteiger partial charge in [-0.3, -0.25) is 4.79 Å². The molecule has 1 atom stereocenters. The first-order chi connectivity index (χ1) is 8.02. The molecule has 1 rings (SSSR count). The number of esters is 1. The number of nitrogens with two attached hydrogens (primary N) is 1. The van der Waals surface area contributed by atoms with Crippen LogP contribution < -0.4 is 5.73 Å². The van der Waals surface area contributed by atoms with Crippen LogP contribution in [0.1, 0.15) is 18.4 Å². The number of hydrogen-bond acceptors (Lipinski definition) is 3. The topological polar surface area (TPSA) is 52.3 Å². The van der Waals surface area contributed by atoms with Crippen molar-refractivity contribution in [2.75, 3.05) is 7.11 Å². The maximum atomic E-state index is 13.3. The van der Waals surface area contributed by atoms with E-state index in [9.17, 15) is 13.6 Å². The fourth-order valence-corrected chi connectivity index (χ4v) is 1.48. The first-order valence-electron chi connectivity index (χ1n) is 5.29. The van der Waals surface area contributed by atoms with Gasteiger partial charge in [0.1, 0.15) is 11.6 Å². The summed E-state index contributed by atoms with van der Waals surface area (Å²) < 4.78 is 30.4. The number of carbonyl (C=O) groups excluding carboxylic acids is 1. The van der Waals surface area contributed by atoms with E-state index < -0.39 is 11.6 Å². The van der Waals surface area contributed by atoms with Gasteiger partial charge in [-0.25, -0.2) is 8.78 Å². The van der Waals surface area contributed by atoms with E-state index in [1.165, 1.54) is 19.2 Å². The van der Waals surface area contributed by atoms with Crippen molar-refractivity contribution >= 4 is 5.97 Å². The average molecular weight is 243 g/mol. The van der Waals surface area contributed by atoms with E-state index in [1.54, 1.807) is 0 Å². The molecule has 0 radical (unpaired) electrons. The fourth-order valence-electron chi connectivity index (χ4n) is 1.48. The molecule has 0 heterocycles. The van der Waals surface area contributed by atoms with E-state index in [1.807, 2.05) is 0 Å². The van der Waals surface area contributed by atoms with E-state index in [-0.39, 0.29) is 24.9 Å². The predicted octanol–water partition coefficient (Wildman–Crippen LogP) is 1.79. The molecule has 0 spiro atoms. The standard InChI is InChI=1S/C12H15F2NO2/c1-17-12(16)5-4-10(15)6-8-2-3-9(13)7-11(8)14/h2-3,7,10H,4-6,15H2,1H3. The second kappa shape index (κ2) is 6.30. The van der Waals surface area contributed by atoms with E-state index in [2.05, 4.69) is 4.74 Å². The average Bonchev–Trinajstić information content (AvgIpc) is 2.29. The Morgan fingerprint density at radius 3 is 2.76 bits per heavy atom. The zero-order valence-electron chi connectivity index (χ0n) is 9.58. The van der Waals surface area contributed by atoms with Crippen molar-refractivity contribution in [1.82, 2.24) is 0 Å². The van der Waals surface area contributed by atoms with Gasteiger partial charge < -0.3 is 10.5 Å². The second-order valence-electron chi connectivity index (χ2n) is 3.81. The number of hydrogen-bond donors (Lipinski definition) is 1. The molecule has 0 saturated carbocycles. The Balaban J connectivity index is 2.50. The van der Waals surface area contributed by atoms with E-state index >= 15 is 0 Å². The third kappa shape index (κ3) is 4.48. The molecule has 0 aliphatic heterocycles. The number of ether oxygens (including phenoxy) is 1. The molecule has 0 fully saturated rings. The van der Waals surface area contributed by atoms with Crippen LogP contribution in [-0.2, 0) is 16.0 Å². The van der Waals surface area contributed by atoms with Gasteiger partial charge >= 0.3 is 5.97 Å². The van der Waals surface area contributed by atoms with E-state index in [4.69, 9.17) is 5.73 Å². The van der Waals surface area contributed by atoms with Crippen molar-refractivity contribution in [2.45, 2.75) is 25.3 Å². The molecule has 0 aromatic heterocycles. The lowest BCUT2D eigenvalue weighted by Gasteiger charge is -2.11. The van der Waals surface area contributed by atoms with Crippen molar-refractivity contribution in [2.24, 2.45) is 5.73 Å². The molecule has 5 heteroatoms. The van der Waals surface area contributed by atoms with Crippen molar-refractivity contribution in [3.8, 4) is 0 Å². The first kappa shape index (κ1) is 13.6. The van der Waals surface area contributed by atoms with Gasteiger partial charge in [0.25, 0.3) is 0 Å². The summed E-state index contributed by atoms with van der Waals surface area (Å²) in [6.07, 6.45) is 0.868. The summed E-state index contributed by atoms with van der Waals surface area (Å²) in [7, 11) is 1.30. The molecule has 0 bridgehead atoms. The highest BCUT2D eigenvalue weighted by Crippen LogP contribution is 2.12. The molecule has 2 N–H and O–H groups in total. The molecule has 0 amide bonds. The summed E-state index contributed by atoms with van der Waals surface area (Å²) in [5.41, 5.74) is 6.10. The Hall–Kier alpha value is -1.49. The van der Waals surface area contributed by atoms with Crippen molar-refractivity contribution in [1.29, 1.82) is 0 Å². The van der Waals surface area contributed by atoms with Crippen molar-refractivity contribution in [3.63, 3.8) is 0 Å². The fraction of sp³-hybridized carbons (Fsp3) is 0.417. The van der Waals surface area contributed by atoms with Gasteiger partial charge in [-0.2, -0.15) is 0 Å². The number of carbonyl (C=O) groups is 1. The summed E-state index contributed by atoms with van der Waals surface area (Å²) in [6.45, 7) is 0. The Kier molecular flexibility index (Phi) is 5.03. The van der Waals surface area contributed by atoms with Gasteiger partial charge in [0.15, 0.2) is 0 Å². The maximum absolute atomic E-state index is 13.3. The molecule has 1 unspecified atom stereocenters. The highest BCUT2D eigenvalue weighted by molar-refractivity contribution is 5.69. The van der Waals surface area contributed by atoms with Gasteiger partial charge in [0, 0.05) is 18.5 Å². The summed E-state index contributed by atoms with van der Waals surface area (Å²) in [5, 5.41) is 0. The number of methoxy groups -OCH3 is 1. The Morgan fingerprint density at radius 1 is 1.47 bits per heavy atom. The molecule has 0 saturated heterocycles. The second-order valence-corrected chi connectivity index (χ2v) is 3.81. The van der Waals surface area contributed by atoms with Crippen molar-refractivity contribution < 1.29 is 18.3 Å². The summed E-state index contributed by atoms with van der Waals surface area (Å²) in [5.74, 6) is -1.58. The lowest BCUT2D eigenvalue weighted by molar-refractivity contribution is -0.140. The Bertz CT molecular complexity index is 396. The summed E-state index contributed by atoms with van der Waals surface area (Å²) in [6, 6.07) is 3.02. The van der Waals surface area contributed by atoms with Gasteiger partial charge in [0.2, 0.25) is 0 Å². The minimum atomic E-state index is -0.616. The molecular formula is C12H15F2NO2. The van der Waals surface area contributed by atoms with E-state index in [0.29, 0.717) is 12.0 Å². The van der Waals surface area contributed by atoms with Gasteiger partial charge in [-0.05, 0) is 24.5 Å². The first-order valence-corrected chi connectivity index (χ1v) is 5.29. The van der Waals surface area contributed by atoms with Crippen LogP contribution in [0.4, 0.5) is 8.78 Å². The van der Waals surface area contributed by atoms with Crippen LogP contribution >= 0.6 is 0 Å². The smallest absolute Gasteiger partial charge is 0.305 e. The zero-order valence-corrected chi connectivity index (χ0v) is 9.58. The molecular weight excluding hydrogens is 228 g/mol. The van der Waals surface area contributed by atoms with Crippen molar-refractivity contribution in [3.05, 3.63) is 35.4 Å². The predicted molar refractivity (Wildman–Crippen MR) is 59.3 cm³/mol. The summed E-state index contributed by atoms with van der Waals surface area (Å²) in [4.78, 5) is 10.9. The van der Waals surface area contributed by atoms with Gasteiger partial charge in [-0.15, -0.1) is 0 Å². The Morgan fingerprint density at radius 2 is 2.18 bits per heavy atom. The molecule has 0 aliphatic rings. The zero-order chi connectivity index (χ0) is 12.8. The van der Waals surface area contributed by atoms with Crippen LogP contribution in [0.5, 0.6) is 0 Å². The Labute approximate surface area is 98.6 Å². The lowest BCUT2D eigenvalue weighted by Crippen LogP contribution is -2.24. The number of halogens is 2. The lowest BCUT2D eigenvalue weighted by atomic mass is 10.0. The highest BCUT2D eigenvalue weighted by Gasteiger charge is 2.11. The monoisotopic (exact) mass is 243 g/mol. The number of benzene rings is 1. The normalized spacial score (nSPS) is 12.2. The largest absolute Gasteiger partial charge is 0.469 e. The minimum Gasteiger partial charge on any atom is -0.469 e. The third-order valence-corrected chi connectivity index (χ3v) is 2.44. The molecule has 1 aromatic rings. The summed E-state index contributed by atoms with van der Waals surface area (Å²) >= 11 is 0. The van der Waals surface area contributed by atoms with Crippen LogP contribution in [0.2, 0.25) is 0 Å². The van der Waals surface area contributed by atoms with Crippen LogP contribution in [0.15, 0.2) is 18.2 Å². The van der Waals surface area contributed by atoms with E-state index in [0.717, 1.165) is 6.07 Å². The maximum Gasteiger partial charge on any atom is 0.305 e. The quantitative estimate of drug-likeness (QED) is 0.802. The molecule has 1 aromatic carbocycles. The SMILES string of the molecule is COC(=O)CCC(N)Cc1ccc(F)cc1F.